The Morgan fingerprint density at radius 1 is 1.59 bits per heavy atom. The van der Waals surface area contributed by atoms with Crippen LogP contribution in [-0.4, -0.2) is 29.1 Å². The number of amides is 1. The molecule has 0 aliphatic carbocycles. The highest BCUT2D eigenvalue weighted by Gasteiger charge is 2.24. The van der Waals surface area contributed by atoms with Gasteiger partial charge in [-0.1, -0.05) is 25.9 Å². The first-order valence-corrected chi connectivity index (χ1v) is 6.87. The van der Waals surface area contributed by atoms with Gasteiger partial charge in [-0.3, -0.25) is 4.79 Å². The van der Waals surface area contributed by atoms with E-state index in [0.717, 1.165) is 0 Å². The minimum absolute atomic E-state index is 0.157. The van der Waals surface area contributed by atoms with E-state index in [1.165, 1.54) is 0 Å². The standard InChI is InChI=1S/C12H20N2O2S/c1-8-6-9(16-14-8)11(15)13-7-10(17-5)12(2,3)4/h6,10H,7H2,1-5H3,(H,13,15). The Morgan fingerprint density at radius 2 is 2.24 bits per heavy atom. The van der Waals surface area contributed by atoms with E-state index < -0.39 is 0 Å². The van der Waals surface area contributed by atoms with Crippen molar-refractivity contribution in [1.82, 2.24) is 10.5 Å². The van der Waals surface area contributed by atoms with E-state index in [2.05, 4.69) is 37.5 Å². The molecule has 1 atom stereocenters. The molecule has 1 aromatic heterocycles. The zero-order chi connectivity index (χ0) is 13.1. The molecular formula is C12H20N2O2S. The number of thioether (sulfide) groups is 1. The summed E-state index contributed by atoms with van der Waals surface area (Å²) in [7, 11) is 0. The maximum Gasteiger partial charge on any atom is 0.289 e. The summed E-state index contributed by atoms with van der Waals surface area (Å²) in [4.78, 5) is 11.8. The summed E-state index contributed by atoms with van der Waals surface area (Å²) in [5.41, 5.74) is 0.872. The van der Waals surface area contributed by atoms with Crippen LogP contribution in [0.2, 0.25) is 0 Å². The Labute approximate surface area is 107 Å². The SMILES string of the molecule is CSC(CNC(=O)c1cc(C)no1)C(C)(C)C. The van der Waals surface area contributed by atoms with Gasteiger partial charge in [-0.05, 0) is 18.6 Å². The first kappa shape index (κ1) is 14.1. The van der Waals surface area contributed by atoms with Gasteiger partial charge in [-0.25, -0.2) is 0 Å². The van der Waals surface area contributed by atoms with Crippen molar-refractivity contribution >= 4 is 17.7 Å². The number of carbonyl (C=O) groups is 1. The first-order valence-electron chi connectivity index (χ1n) is 5.59. The fourth-order valence-electron chi connectivity index (χ4n) is 1.49. The van der Waals surface area contributed by atoms with Crippen molar-refractivity contribution in [2.75, 3.05) is 12.8 Å². The lowest BCUT2D eigenvalue weighted by Gasteiger charge is -2.29. The second-order valence-corrected chi connectivity index (χ2v) is 6.17. The third-order valence-corrected chi connectivity index (χ3v) is 3.99. The maximum absolute atomic E-state index is 11.8. The van der Waals surface area contributed by atoms with Crippen LogP contribution in [0.5, 0.6) is 0 Å². The van der Waals surface area contributed by atoms with Crippen LogP contribution < -0.4 is 5.32 Å². The Bertz CT molecular complexity index is 382. The average Bonchev–Trinajstić information content (AvgIpc) is 2.63. The van der Waals surface area contributed by atoms with E-state index in [1.54, 1.807) is 24.8 Å². The number of nitrogens with zero attached hydrogens (tertiary/aromatic N) is 1. The van der Waals surface area contributed by atoms with Gasteiger partial charge in [0, 0.05) is 17.9 Å². The van der Waals surface area contributed by atoms with Gasteiger partial charge in [0.05, 0.1) is 5.69 Å². The van der Waals surface area contributed by atoms with E-state index in [-0.39, 0.29) is 17.1 Å². The largest absolute Gasteiger partial charge is 0.351 e. The van der Waals surface area contributed by atoms with Crippen molar-refractivity contribution in [3.05, 3.63) is 17.5 Å². The number of aryl methyl sites for hydroxylation is 1. The van der Waals surface area contributed by atoms with Crippen molar-refractivity contribution < 1.29 is 9.32 Å². The summed E-state index contributed by atoms with van der Waals surface area (Å²) < 4.78 is 4.91. The third-order valence-electron chi connectivity index (χ3n) is 2.55. The van der Waals surface area contributed by atoms with Gasteiger partial charge in [0.15, 0.2) is 0 Å². The van der Waals surface area contributed by atoms with Crippen molar-refractivity contribution in [2.24, 2.45) is 5.41 Å². The second-order valence-electron chi connectivity index (χ2n) is 5.13. The monoisotopic (exact) mass is 256 g/mol. The van der Waals surface area contributed by atoms with E-state index in [1.807, 2.05) is 0 Å². The molecule has 0 aromatic carbocycles. The molecule has 17 heavy (non-hydrogen) atoms. The van der Waals surface area contributed by atoms with Crippen LogP contribution in [0.15, 0.2) is 10.6 Å². The Balaban J connectivity index is 2.53. The van der Waals surface area contributed by atoms with Crippen LogP contribution in [-0.2, 0) is 0 Å². The minimum atomic E-state index is -0.200. The summed E-state index contributed by atoms with van der Waals surface area (Å²) in [5.74, 6) is 0.0742. The molecule has 1 aromatic rings. The number of rotatable bonds is 4. The van der Waals surface area contributed by atoms with E-state index in [4.69, 9.17) is 4.52 Å². The Kier molecular flexibility index (Phi) is 4.62. The quantitative estimate of drug-likeness (QED) is 0.899. The second kappa shape index (κ2) is 5.58. The highest BCUT2D eigenvalue weighted by molar-refractivity contribution is 7.99. The highest BCUT2D eigenvalue weighted by atomic mass is 32.2. The molecular weight excluding hydrogens is 236 g/mol. The van der Waals surface area contributed by atoms with Crippen molar-refractivity contribution in [2.45, 2.75) is 32.9 Å². The molecule has 1 rings (SSSR count). The molecule has 0 radical (unpaired) electrons. The lowest BCUT2D eigenvalue weighted by Crippen LogP contribution is -2.37. The molecule has 0 spiro atoms. The number of carbonyl (C=O) groups excluding carboxylic acids is 1. The molecule has 0 bridgehead atoms. The molecule has 0 saturated heterocycles. The van der Waals surface area contributed by atoms with Gasteiger partial charge in [0.25, 0.3) is 5.91 Å². The highest BCUT2D eigenvalue weighted by Crippen LogP contribution is 2.28. The predicted molar refractivity (Wildman–Crippen MR) is 70.3 cm³/mol. The number of nitrogens with one attached hydrogen (secondary N) is 1. The average molecular weight is 256 g/mol. The molecule has 0 fully saturated rings. The molecule has 4 nitrogen and oxygen atoms in total. The predicted octanol–water partition coefficient (Wildman–Crippen LogP) is 2.49. The molecule has 0 aliphatic heterocycles. The Hall–Kier alpha value is -0.970. The molecule has 1 N–H and O–H groups in total. The molecule has 0 saturated carbocycles. The van der Waals surface area contributed by atoms with E-state index in [0.29, 0.717) is 17.5 Å². The van der Waals surface area contributed by atoms with Gasteiger partial charge < -0.3 is 9.84 Å². The van der Waals surface area contributed by atoms with Crippen LogP contribution in [0.4, 0.5) is 0 Å². The molecule has 0 aliphatic rings. The maximum atomic E-state index is 11.8. The van der Waals surface area contributed by atoms with Gasteiger partial charge in [-0.2, -0.15) is 11.8 Å². The van der Waals surface area contributed by atoms with Crippen molar-refractivity contribution in [1.29, 1.82) is 0 Å². The zero-order valence-corrected chi connectivity index (χ0v) is 11.9. The van der Waals surface area contributed by atoms with Gasteiger partial charge in [0.2, 0.25) is 5.76 Å². The van der Waals surface area contributed by atoms with Gasteiger partial charge in [-0.15, -0.1) is 0 Å². The number of aromatic nitrogens is 1. The first-order chi connectivity index (χ1) is 7.84. The minimum Gasteiger partial charge on any atom is -0.351 e. The van der Waals surface area contributed by atoms with E-state index in [9.17, 15) is 4.79 Å². The molecule has 1 amide bonds. The molecule has 1 heterocycles. The van der Waals surface area contributed by atoms with Crippen LogP contribution in [0.1, 0.15) is 37.0 Å². The summed E-state index contributed by atoms with van der Waals surface area (Å²) in [6, 6.07) is 1.64. The van der Waals surface area contributed by atoms with Crippen LogP contribution in [0.3, 0.4) is 0 Å². The fourth-order valence-corrected chi connectivity index (χ4v) is 2.44. The zero-order valence-electron chi connectivity index (χ0n) is 11.0. The van der Waals surface area contributed by atoms with Crippen LogP contribution >= 0.6 is 11.8 Å². The smallest absolute Gasteiger partial charge is 0.289 e. The molecule has 1 unspecified atom stereocenters. The number of hydrogen-bond donors (Lipinski definition) is 1. The van der Waals surface area contributed by atoms with E-state index >= 15 is 0 Å². The van der Waals surface area contributed by atoms with Crippen molar-refractivity contribution in [3.63, 3.8) is 0 Å². The fraction of sp³-hybridized carbons (Fsp3) is 0.667. The van der Waals surface area contributed by atoms with Crippen LogP contribution in [0, 0.1) is 12.3 Å². The lowest BCUT2D eigenvalue weighted by molar-refractivity contribution is 0.0913. The molecule has 5 heteroatoms. The van der Waals surface area contributed by atoms with Crippen molar-refractivity contribution in [3.8, 4) is 0 Å². The molecule has 96 valence electrons. The van der Waals surface area contributed by atoms with Gasteiger partial charge >= 0.3 is 0 Å². The van der Waals surface area contributed by atoms with Gasteiger partial charge in [0.1, 0.15) is 0 Å². The van der Waals surface area contributed by atoms with Crippen LogP contribution in [0.25, 0.3) is 0 Å². The topological polar surface area (TPSA) is 55.1 Å². The summed E-state index contributed by atoms with van der Waals surface area (Å²) in [5, 5.41) is 6.94. The Morgan fingerprint density at radius 3 is 2.65 bits per heavy atom. The summed E-state index contributed by atoms with van der Waals surface area (Å²) in [6.45, 7) is 8.92. The third kappa shape index (κ3) is 4.07. The summed E-state index contributed by atoms with van der Waals surface area (Å²) >= 11 is 1.76. The summed E-state index contributed by atoms with van der Waals surface area (Å²) in [6.07, 6.45) is 2.06. The number of hydrogen-bond acceptors (Lipinski definition) is 4. The lowest BCUT2D eigenvalue weighted by atomic mass is 9.91. The normalized spacial score (nSPS) is 13.5.